The zero-order valence-corrected chi connectivity index (χ0v) is 17.6. The second kappa shape index (κ2) is 9.43. The topological polar surface area (TPSA) is 65.5 Å². The van der Waals surface area contributed by atoms with Crippen molar-refractivity contribution >= 4 is 17.6 Å². The van der Waals surface area contributed by atoms with Crippen LogP contribution in [-0.4, -0.2) is 47.9 Å². The van der Waals surface area contributed by atoms with Gasteiger partial charge >= 0.3 is 11.8 Å². The number of carbonyl (C=O) groups is 2. The molecule has 6 heteroatoms. The molecule has 2 amide bonds. The smallest absolute Gasteiger partial charge is 0.312 e. The number of hydrogen-bond donors (Lipinski definition) is 1. The number of benzene rings is 2. The molecule has 0 radical (unpaired) electrons. The Morgan fingerprint density at radius 2 is 1.48 bits per heavy atom. The average Bonchev–Trinajstić information content (AvgIpc) is 2.85. The second-order valence-corrected chi connectivity index (χ2v) is 7.65. The Kier molecular flexibility index (Phi) is 6.26. The van der Waals surface area contributed by atoms with Crippen molar-refractivity contribution in [2.45, 2.75) is 13.0 Å². The number of rotatable bonds is 4. The fraction of sp³-hybridized carbons (Fsp3) is 0.240. The highest BCUT2D eigenvalue weighted by Crippen LogP contribution is 2.22. The molecule has 158 valence electrons. The Morgan fingerprint density at radius 3 is 2.13 bits per heavy atom. The summed E-state index contributed by atoms with van der Waals surface area (Å²) in [5, 5.41) is 2.84. The van der Waals surface area contributed by atoms with E-state index in [1.165, 1.54) is 0 Å². The molecule has 1 saturated heterocycles. The Hall–Kier alpha value is -3.67. The molecule has 3 aromatic rings. The van der Waals surface area contributed by atoms with E-state index < -0.39 is 11.8 Å². The van der Waals surface area contributed by atoms with E-state index in [1.807, 2.05) is 67.6 Å². The van der Waals surface area contributed by atoms with Gasteiger partial charge in [0.25, 0.3) is 0 Å². The quantitative estimate of drug-likeness (QED) is 0.666. The number of nitrogens with one attached hydrogen (secondary N) is 1. The van der Waals surface area contributed by atoms with E-state index >= 15 is 0 Å². The molecule has 1 aromatic heterocycles. The third kappa shape index (κ3) is 4.91. The molecule has 1 N–H and O–H groups in total. The molecule has 0 aliphatic carbocycles. The van der Waals surface area contributed by atoms with Gasteiger partial charge in [0.05, 0.1) is 6.04 Å². The lowest BCUT2D eigenvalue weighted by Gasteiger charge is -2.35. The van der Waals surface area contributed by atoms with Crippen molar-refractivity contribution in [1.29, 1.82) is 0 Å². The molecule has 1 aliphatic rings. The monoisotopic (exact) mass is 414 g/mol. The van der Waals surface area contributed by atoms with E-state index in [2.05, 4.69) is 27.3 Å². The number of piperazine rings is 1. The summed E-state index contributed by atoms with van der Waals surface area (Å²) in [5.41, 5.74) is 3.22. The van der Waals surface area contributed by atoms with Gasteiger partial charge in [-0.25, -0.2) is 4.98 Å². The van der Waals surface area contributed by atoms with Crippen LogP contribution in [0.2, 0.25) is 0 Å². The first-order valence-electron chi connectivity index (χ1n) is 10.5. The van der Waals surface area contributed by atoms with Crippen molar-refractivity contribution in [3.63, 3.8) is 0 Å². The maximum absolute atomic E-state index is 12.6. The van der Waals surface area contributed by atoms with Crippen LogP contribution in [0.15, 0.2) is 79.0 Å². The molecule has 31 heavy (non-hydrogen) atoms. The summed E-state index contributed by atoms with van der Waals surface area (Å²) in [6, 6.07) is 23.7. The first-order chi connectivity index (χ1) is 15.1. The predicted octanol–water partition coefficient (Wildman–Crippen LogP) is 3.27. The summed E-state index contributed by atoms with van der Waals surface area (Å²) in [6.45, 7) is 4.22. The molecule has 1 unspecified atom stereocenters. The van der Waals surface area contributed by atoms with Crippen LogP contribution in [0.4, 0.5) is 5.82 Å². The third-order valence-corrected chi connectivity index (χ3v) is 5.60. The first kappa shape index (κ1) is 20.6. The summed E-state index contributed by atoms with van der Waals surface area (Å²) in [7, 11) is 0. The lowest BCUT2D eigenvalue weighted by Crippen LogP contribution is -2.53. The normalized spacial score (nSPS) is 14.7. The molecular formula is C25H26N4O2. The standard InChI is InChI=1S/C25H26N4O2/c1-19(20-10-12-22(13-11-20)21-7-3-2-4-8-21)27-24(30)25(31)29-17-15-28(16-18-29)23-9-5-6-14-26-23/h2-14,19H,15-18H2,1H3,(H,27,30). The van der Waals surface area contributed by atoms with Crippen LogP contribution in [0.3, 0.4) is 0 Å². The fourth-order valence-corrected chi connectivity index (χ4v) is 3.76. The average molecular weight is 415 g/mol. The molecule has 0 bridgehead atoms. The van der Waals surface area contributed by atoms with E-state index in [0.717, 1.165) is 22.5 Å². The van der Waals surface area contributed by atoms with Gasteiger partial charge in [0.15, 0.2) is 0 Å². The maximum atomic E-state index is 12.6. The summed E-state index contributed by atoms with van der Waals surface area (Å²) >= 11 is 0. The van der Waals surface area contributed by atoms with Crippen LogP contribution in [0, 0.1) is 0 Å². The third-order valence-electron chi connectivity index (χ3n) is 5.60. The molecule has 1 atom stereocenters. The van der Waals surface area contributed by atoms with E-state index in [-0.39, 0.29) is 6.04 Å². The minimum atomic E-state index is -0.564. The van der Waals surface area contributed by atoms with E-state index in [1.54, 1.807) is 11.1 Å². The van der Waals surface area contributed by atoms with Gasteiger partial charge in [-0.1, -0.05) is 60.7 Å². The lowest BCUT2D eigenvalue weighted by molar-refractivity contribution is -0.146. The zero-order chi connectivity index (χ0) is 21.6. The van der Waals surface area contributed by atoms with Crippen LogP contribution in [0.1, 0.15) is 18.5 Å². The van der Waals surface area contributed by atoms with Gasteiger partial charge in [-0.2, -0.15) is 0 Å². The van der Waals surface area contributed by atoms with Crippen molar-refractivity contribution in [2.24, 2.45) is 0 Å². The summed E-state index contributed by atoms with van der Waals surface area (Å²) in [5.74, 6) is -0.147. The molecule has 0 spiro atoms. The highest BCUT2D eigenvalue weighted by atomic mass is 16.2. The van der Waals surface area contributed by atoms with E-state index in [4.69, 9.17) is 0 Å². The molecule has 6 nitrogen and oxygen atoms in total. The molecule has 4 rings (SSSR count). The van der Waals surface area contributed by atoms with Gasteiger partial charge in [-0.3, -0.25) is 9.59 Å². The largest absolute Gasteiger partial charge is 0.353 e. The molecule has 1 aliphatic heterocycles. The van der Waals surface area contributed by atoms with Crippen molar-refractivity contribution in [2.75, 3.05) is 31.1 Å². The van der Waals surface area contributed by atoms with Gasteiger partial charge < -0.3 is 15.1 Å². The van der Waals surface area contributed by atoms with Gasteiger partial charge in [0.1, 0.15) is 5.82 Å². The molecule has 2 aromatic carbocycles. The minimum absolute atomic E-state index is 0.254. The van der Waals surface area contributed by atoms with Crippen molar-refractivity contribution < 1.29 is 9.59 Å². The number of amides is 2. The fourth-order valence-electron chi connectivity index (χ4n) is 3.76. The van der Waals surface area contributed by atoms with Crippen LogP contribution in [-0.2, 0) is 9.59 Å². The van der Waals surface area contributed by atoms with Gasteiger partial charge in [0.2, 0.25) is 0 Å². The number of nitrogens with zero attached hydrogens (tertiary/aromatic N) is 3. The van der Waals surface area contributed by atoms with Gasteiger partial charge in [-0.15, -0.1) is 0 Å². The number of carbonyl (C=O) groups excluding carboxylic acids is 2. The molecule has 2 heterocycles. The van der Waals surface area contributed by atoms with Crippen LogP contribution in [0.25, 0.3) is 11.1 Å². The van der Waals surface area contributed by atoms with Crippen molar-refractivity contribution in [3.8, 4) is 11.1 Å². The van der Waals surface area contributed by atoms with Crippen LogP contribution < -0.4 is 10.2 Å². The highest BCUT2D eigenvalue weighted by Gasteiger charge is 2.27. The molecular weight excluding hydrogens is 388 g/mol. The minimum Gasteiger partial charge on any atom is -0.353 e. The Bertz CT molecular complexity index is 1010. The Morgan fingerprint density at radius 1 is 0.839 bits per heavy atom. The number of anilines is 1. The number of pyridine rings is 1. The van der Waals surface area contributed by atoms with E-state index in [9.17, 15) is 9.59 Å². The van der Waals surface area contributed by atoms with Gasteiger partial charge in [-0.05, 0) is 35.7 Å². The highest BCUT2D eigenvalue weighted by molar-refractivity contribution is 6.35. The maximum Gasteiger partial charge on any atom is 0.312 e. The van der Waals surface area contributed by atoms with Gasteiger partial charge in [0, 0.05) is 32.4 Å². The second-order valence-electron chi connectivity index (χ2n) is 7.65. The summed E-state index contributed by atoms with van der Waals surface area (Å²) < 4.78 is 0. The lowest BCUT2D eigenvalue weighted by atomic mass is 10.0. The van der Waals surface area contributed by atoms with E-state index in [0.29, 0.717) is 26.2 Å². The Balaban J connectivity index is 1.31. The zero-order valence-electron chi connectivity index (χ0n) is 17.6. The van der Waals surface area contributed by atoms with Crippen molar-refractivity contribution in [1.82, 2.24) is 15.2 Å². The number of aromatic nitrogens is 1. The SMILES string of the molecule is CC(NC(=O)C(=O)N1CCN(c2ccccn2)CC1)c1ccc(-c2ccccc2)cc1. The van der Waals surface area contributed by atoms with Crippen LogP contribution in [0.5, 0.6) is 0 Å². The number of hydrogen-bond acceptors (Lipinski definition) is 4. The Labute approximate surface area is 182 Å². The van der Waals surface area contributed by atoms with Crippen molar-refractivity contribution in [3.05, 3.63) is 84.6 Å². The van der Waals surface area contributed by atoms with Crippen LogP contribution >= 0.6 is 0 Å². The molecule has 0 saturated carbocycles. The predicted molar refractivity (Wildman–Crippen MR) is 121 cm³/mol. The first-order valence-corrected chi connectivity index (χ1v) is 10.5. The summed E-state index contributed by atoms with van der Waals surface area (Å²) in [4.78, 5) is 33.2. The summed E-state index contributed by atoms with van der Waals surface area (Å²) in [6.07, 6.45) is 1.76. The molecule has 1 fully saturated rings.